The maximum atomic E-state index is 12.9. The molecule has 156 valence electrons. The fourth-order valence-corrected chi connectivity index (χ4v) is 2.94. The second-order valence-corrected chi connectivity index (χ2v) is 6.84. The van der Waals surface area contributed by atoms with Gasteiger partial charge in [0.05, 0.1) is 21.8 Å². The number of alkyl halides is 3. The Hall–Kier alpha value is -2.84. The Bertz CT molecular complexity index is 1020. The average molecular weight is 458 g/mol. The predicted molar refractivity (Wildman–Crippen MR) is 108 cm³/mol. The summed E-state index contributed by atoms with van der Waals surface area (Å²) in [5.41, 5.74) is 2.93. The van der Waals surface area contributed by atoms with Gasteiger partial charge in [-0.25, -0.2) is 9.37 Å². The summed E-state index contributed by atoms with van der Waals surface area (Å²) in [6.45, 7) is 0.147. The molecule has 0 radical (unpaired) electrons. The molecule has 1 aromatic heterocycles. The minimum absolute atomic E-state index is 0.135. The van der Waals surface area contributed by atoms with E-state index >= 15 is 0 Å². The lowest BCUT2D eigenvalue weighted by atomic mass is 10.2. The van der Waals surface area contributed by atoms with Gasteiger partial charge in [-0.2, -0.15) is 18.3 Å². The van der Waals surface area contributed by atoms with Crippen LogP contribution in [0.4, 0.5) is 23.4 Å². The van der Waals surface area contributed by atoms with Crippen molar-refractivity contribution >= 4 is 35.2 Å². The lowest BCUT2D eigenvalue weighted by Crippen LogP contribution is -2.05. The number of hydrogen-bond acceptors (Lipinski definition) is 4. The quantitative estimate of drug-likeness (QED) is 0.258. The normalized spacial score (nSPS) is 11.7. The van der Waals surface area contributed by atoms with Crippen molar-refractivity contribution in [1.29, 1.82) is 0 Å². The van der Waals surface area contributed by atoms with E-state index in [1.165, 1.54) is 18.3 Å². The molecule has 0 amide bonds. The number of pyridine rings is 1. The van der Waals surface area contributed by atoms with Crippen molar-refractivity contribution in [2.45, 2.75) is 12.8 Å². The zero-order valence-corrected chi connectivity index (χ0v) is 16.6. The van der Waals surface area contributed by atoms with E-state index in [4.69, 9.17) is 27.9 Å². The number of halogens is 6. The van der Waals surface area contributed by atoms with Crippen LogP contribution in [-0.2, 0) is 12.8 Å². The molecule has 3 aromatic rings. The number of hydrazone groups is 1. The van der Waals surface area contributed by atoms with Gasteiger partial charge in [0.2, 0.25) is 0 Å². The van der Waals surface area contributed by atoms with Gasteiger partial charge >= 0.3 is 6.18 Å². The molecule has 0 atom stereocenters. The lowest BCUT2D eigenvalue weighted by molar-refractivity contribution is -0.137. The number of rotatable bonds is 6. The Balaban J connectivity index is 1.63. The second kappa shape index (κ2) is 9.32. The van der Waals surface area contributed by atoms with Gasteiger partial charge in [0.25, 0.3) is 0 Å². The molecule has 0 aliphatic heterocycles. The first-order valence-electron chi connectivity index (χ1n) is 8.41. The van der Waals surface area contributed by atoms with Gasteiger partial charge in [-0.05, 0) is 47.5 Å². The molecule has 0 saturated heterocycles. The van der Waals surface area contributed by atoms with Gasteiger partial charge in [0, 0.05) is 6.20 Å². The van der Waals surface area contributed by atoms with Crippen LogP contribution in [0.1, 0.15) is 16.7 Å². The van der Waals surface area contributed by atoms with Gasteiger partial charge in [0.15, 0.2) is 5.75 Å². The van der Waals surface area contributed by atoms with Crippen molar-refractivity contribution in [1.82, 2.24) is 4.98 Å². The smallest absolute Gasteiger partial charge is 0.417 e. The van der Waals surface area contributed by atoms with Crippen LogP contribution in [-0.4, -0.2) is 11.2 Å². The van der Waals surface area contributed by atoms with Crippen molar-refractivity contribution in [2.24, 2.45) is 5.10 Å². The molecule has 1 heterocycles. The number of hydrogen-bond donors (Lipinski definition) is 1. The van der Waals surface area contributed by atoms with Crippen molar-refractivity contribution in [3.63, 3.8) is 0 Å². The Morgan fingerprint density at radius 3 is 2.27 bits per heavy atom. The number of benzene rings is 2. The van der Waals surface area contributed by atoms with Crippen molar-refractivity contribution in [3.8, 4) is 5.75 Å². The van der Waals surface area contributed by atoms with Crippen LogP contribution in [0.2, 0.25) is 10.0 Å². The number of nitrogens with zero attached hydrogens (tertiary/aromatic N) is 2. The highest BCUT2D eigenvalue weighted by molar-refractivity contribution is 6.37. The highest BCUT2D eigenvalue weighted by Gasteiger charge is 2.30. The van der Waals surface area contributed by atoms with Crippen LogP contribution < -0.4 is 10.2 Å². The van der Waals surface area contributed by atoms with Gasteiger partial charge in [0.1, 0.15) is 18.2 Å². The molecule has 10 heteroatoms. The largest absolute Gasteiger partial charge is 0.486 e. The minimum Gasteiger partial charge on any atom is -0.486 e. The van der Waals surface area contributed by atoms with E-state index in [0.717, 1.165) is 17.7 Å². The molecule has 4 nitrogen and oxygen atoms in total. The summed E-state index contributed by atoms with van der Waals surface area (Å²) in [5.74, 6) is 0.0476. The monoisotopic (exact) mass is 457 g/mol. The van der Waals surface area contributed by atoms with Crippen LogP contribution in [0.15, 0.2) is 59.8 Å². The number of nitrogens with one attached hydrogen (secondary N) is 1. The molecule has 0 saturated carbocycles. The predicted octanol–water partition coefficient (Wildman–Crippen LogP) is 6.57. The van der Waals surface area contributed by atoms with Crippen LogP contribution in [0, 0.1) is 5.82 Å². The van der Waals surface area contributed by atoms with Gasteiger partial charge < -0.3 is 4.74 Å². The first-order valence-corrected chi connectivity index (χ1v) is 9.16. The highest BCUT2D eigenvalue weighted by Crippen LogP contribution is 2.34. The fraction of sp³-hybridized carbons (Fsp3) is 0.100. The fourth-order valence-electron chi connectivity index (χ4n) is 2.33. The summed E-state index contributed by atoms with van der Waals surface area (Å²) < 4.78 is 56.1. The van der Waals surface area contributed by atoms with E-state index in [0.29, 0.717) is 11.8 Å². The lowest BCUT2D eigenvalue weighted by Gasteiger charge is -2.11. The summed E-state index contributed by atoms with van der Waals surface area (Å²) in [4.78, 5) is 3.64. The number of ether oxygens (including phenoxy) is 1. The van der Waals surface area contributed by atoms with Crippen LogP contribution in [0.5, 0.6) is 5.75 Å². The highest BCUT2D eigenvalue weighted by atomic mass is 35.5. The molecule has 0 spiro atoms. The molecule has 1 N–H and O–H groups in total. The van der Waals surface area contributed by atoms with E-state index in [1.807, 2.05) is 0 Å². The van der Waals surface area contributed by atoms with E-state index in [-0.39, 0.29) is 34.0 Å². The molecule has 2 aromatic carbocycles. The third-order valence-corrected chi connectivity index (χ3v) is 4.36. The Morgan fingerprint density at radius 1 is 1.03 bits per heavy atom. The molecule has 0 aliphatic rings. The van der Waals surface area contributed by atoms with E-state index < -0.39 is 11.7 Å². The van der Waals surface area contributed by atoms with Crippen molar-refractivity contribution in [3.05, 3.63) is 87.3 Å². The molecule has 0 unspecified atom stereocenters. The molecule has 30 heavy (non-hydrogen) atoms. The molecular weight excluding hydrogens is 445 g/mol. The van der Waals surface area contributed by atoms with Crippen molar-refractivity contribution in [2.75, 3.05) is 5.43 Å². The zero-order chi connectivity index (χ0) is 21.7. The van der Waals surface area contributed by atoms with Gasteiger partial charge in [-0.15, -0.1) is 0 Å². The van der Waals surface area contributed by atoms with Gasteiger partial charge in [-0.3, -0.25) is 5.43 Å². The Morgan fingerprint density at radius 2 is 1.70 bits per heavy atom. The Labute approximate surface area is 179 Å². The SMILES string of the molecule is Fc1ccc(COc2c(Cl)cc(/C=N\Nc3ccc(C(F)(F)F)cn3)cc2Cl)cc1. The van der Waals surface area contributed by atoms with E-state index in [1.54, 1.807) is 24.3 Å². The molecule has 3 rings (SSSR count). The third kappa shape index (κ3) is 5.84. The third-order valence-electron chi connectivity index (χ3n) is 3.80. The summed E-state index contributed by atoms with van der Waals surface area (Å²) in [6, 6.07) is 11.0. The molecule has 0 aliphatic carbocycles. The maximum Gasteiger partial charge on any atom is 0.417 e. The summed E-state index contributed by atoms with van der Waals surface area (Å²) in [6.07, 6.45) is -2.37. The molecule has 0 bridgehead atoms. The minimum atomic E-state index is -4.46. The second-order valence-electron chi connectivity index (χ2n) is 6.03. The van der Waals surface area contributed by atoms with E-state index in [2.05, 4.69) is 15.5 Å². The van der Waals surface area contributed by atoms with E-state index in [9.17, 15) is 17.6 Å². The van der Waals surface area contributed by atoms with Crippen molar-refractivity contribution < 1.29 is 22.3 Å². The number of anilines is 1. The maximum absolute atomic E-state index is 12.9. The summed E-state index contributed by atoms with van der Waals surface area (Å²) in [5, 5.41) is 4.37. The topological polar surface area (TPSA) is 46.5 Å². The molecule has 0 fully saturated rings. The van der Waals surface area contributed by atoms with Crippen LogP contribution >= 0.6 is 23.2 Å². The summed E-state index contributed by atoms with van der Waals surface area (Å²) >= 11 is 12.4. The molecular formula is C20H13Cl2F4N3O. The average Bonchev–Trinajstić information content (AvgIpc) is 2.68. The Kier molecular flexibility index (Phi) is 6.79. The first-order chi connectivity index (χ1) is 14.2. The van der Waals surface area contributed by atoms with Crippen LogP contribution in [0.3, 0.4) is 0 Å². The van der Waals surface area contributed by atoms with Crippen LogP contribution in [0.25, 0.3) is 0 Å². The zero-order valence-electron chi connectivity index (χ0n) is 15.1. The number of aromatic nitrogens is 1. The standard InChI is InChI=1S/C20H13Cl2F4N3O/c21-16-7-13(9-28-29-18-6-3-14(10-27-18)20(24,25)26)8-17(22)19(16)30-11-12-1-4-15(23)5-2-12/h1-10H,11H2,(H,27,29)/b28-9-. The first kappa shape index (κ1) is 21.9. The van der Waals surface area contributed by atoms with Gasteiger partial charge in [-0.1, -0.05) is 35.3 Å². The summed E-state index contributed by atoms with van der Waals surface area (Å²) in [7, 11) is 0.